The average molecular weight is 404 g/mol. The van der Waals surface area contributed by atoms with Crippen LogP contribution in [-0.4, -0.2) is 38.3 Å². The van der Waals surface area contributed by atoms with Crippen LogP contribution in [0.25, 0.3) is 0 Å². The van der Waals surface area contributed by atoms with Crippen LogP contribution in [0.3, 0.4) is 0 Å². The Morgan fingerprint density at radius 3 is 2.50 bits per heavy atom. The molecule has 0 aliphatic carbocycles. The molecule has 9 nitrogen and oxygen atoms in total. The van der Waals surface area contributed by atoms with Crippen LogP contribution in [0, 0.1) is 10.1 Å². The molecular formula is C18H20N4O5S. The average Bonchev–Trinajstić information content (AvgIpc) is 2.65. The van der Waals surface area contributed by atoms with Gasteiger partial charge in [0, 0.05) is 6.07 Å². The monoisotopic (exact) mass is 404 g/mol. The van der Waals surface area contributed by atoms with Crippen molar-refractivity contribution in [3.8, 4) is 0 Å². The molecule has 0 atom stereocenters. The number of benzene rings is 2. The molecule has 0 aliphatic heterocycles. The van der Waals surface area contributed by atoms with E-state index < -0.39 is 27.4 Å². The zero-order chi connectivity index (χ0) is 20.7. The molecular weight excluding hydrogens is 384 g/mol. The highest BCUT2D eigenvalue weighted by atomic mass is 32.2. The molecule has 2 rings (SSSR count). The molecule has 0 spiro atoms. The normalized spacial score (nSPS) is 11.4. The number of nitro benzene ring substituents is 1. The summed E-state index contributed by atoms with van der Waals surface area (Å²) in [5.41, 5.74) is 3.47. The summed E-state index contributed by atoms with van der Waals surface area (Å²) in [6.07, 6.45) is 2.75. The maximum atomic E-state index is 12.2. The zero-order valence-corrected chi connectivity index (χ0v) is 16.2. The first-order valence-electron chi connectivity index (χ1n) is 8.35. The third-order valence-corrected chi connectivity index (χ3v) is 4.98. The minimum absolute atomic E-state index is 0.157. The number of hydrogen-bond donors (Lipinski definition) is 1. The number of aryl methyl sites for hydroxylation is 1. The topological polar surface area (TPSA) is 122 Å². The summed E-state index contributed by atoms with van der Waals surface area (Å²) < 4.78 is 25.4. The Kier molecular flexibility index (Phi) is 6.83. The van der Waals surface area contributed by atoms with Crippen molar-refractivity contribution >= 4 is 33.5 Å². The lowest BCUT2D eigenvalue weighted by Crippen LogP contribution is -2.39. The molecule has 0 fully saturated rings. The van der Waals surface area contributed by atoms with Gasteiger partial charge in [-0.2, -0.15) is 5.10 Å². The predicted octanol–water partition coefficient (Wildman–Crippen LogP) is 2.07. The van der Waals surface area contributed by atoms with Gasteiger partial charge in [-0.25, -0.2) is 13.8 Å². The summed E-state index contributed by atoms with van der Waals surface area (Å²) >= 11 is 0. The van der Waals surface area contributed by atoms with Gasteiger partial charge in [-0.3, -0.25) is 19.2 Å². The van der Waals surface area contributed by atoms with E-state index in [-0.39, 0.29) is 11.3 Å². The number of nitro groups is 1. The second-order valence-corrected chi connectivity index (χ2v) is 7.77. The largest absolute Gasteiger partial charge is 0.278 e. The second-order valence-electron chi connectivity index (χ2n) is 5.86. The number of rotatable bonds is 8. The van der Waals surface area contributed by atoms with Gasteiger partial charge < -0.3 is 0 Å². The summed E-state index contributed by atoms with van der Waals surface area (Å²) in [4.78, 5) is 22.6. The van der Waals surface area contributed by atoms with E-state index in [0.29, 0.717) is 12.1 Å². The highest BCUT2D eigenvalue weighted by molar-refractivity contribution is 7.92. The Bertz CT molecular complexity index is 1000. The Labute approximate surface area is 162 Å². The predicted molar refractivity (Wildman–Crippen MR) is 107 cm³/mol. The van der Waals surface area contributed by atoms with Gasteiger partial charge in [-0.15, -0.1) is 0 Å². The number of hydrogen-bond acceptors (Lipinski definition) is 6. The van der Waals surface area contributed by atoms with Crippen LogP contribution < -0.4 is 9.73 Å². The molecule has 0 saturated carbocycles. The van der Waals surface area contributed by atoms with Crippen molar-refractivity contribution in [2.24, 2.45) is 5.10 Å². The third kappa shape index (κ3) is 5.36. The molecule has 0 bridgehead atoms. The molecule has 2 aromatic carbocycles. The molecule has 2 aromatic rings. The van der Waals surface area contributed by atoms with Gasteiger partial charge in [0.2, 0.25) is 10.0 Å². The van der Waals surface area contributed by atoms with E-state index in [4.69, 9.17) is 0 Å². The van der Waals surface area contributed by atoms with Crippen LogP contribution in [0.15, 0.2) is 53.6 Å². The van der Waals surface area contributed by atoms with E-state index in [9.17, 15) is 23.3 Å². The summed E-state index contributed by atoms with van der Waals surface area (Å²) in [7, 11) is -3.71. The lowest BCUT2D eigenvalue weighted by atomic mass is 10.1. The third-order valence-electron chi connectivity index (χ3n) is 3.86. The van der Waals surface area contributed by atoms with Gasteiger partial charge in [-0.1, -0.05) is 37.3 Å². The summed E-state index contributed by atoms with van der Waals surface area (Å²) in [6.45, 7) is 1.42. The van der Waals surface area contributed by atoms with Gasteiger partial charge >= 0.3 is 0 Å². The number of anilines is 1. The van der Waals surface area contributed by atoms with Crippen molar-refractivity contribution < 1.29 is 18.1 Å². The number of carbonyl (C=O) groups excluding carboxylic acids is 1. The summed E-state index contributed by atoms with van der Waals surface area (Å²) in [6, 6.07) is 12.8. The zero-order valence-electron chi connectivity index (χ0n) is 15.4. The quantitative estimate of drug-likeness (QED) is 0.410. The Hall–Kier alpha value is -3.27. The highest BCUT2D eigenvalue weighted by Crippen LogP contribution is 2.23. The fourth-order valence-corrected chi connectivity index (χ4v) is 3.42. The second kappa shape index (κ2) is 9.09. The maximum Gasteiger partial charge on any atom is 0.278 e. The minimum atomic E-state index is -3.71. The Morgan fingerprint density at radius 2 is 1.86 bits per heavy atom. The maximum absolute atomic E-state index is 12.2. The van der Waals surface area contributed by atoms with Crippen LogP contribution in [0.2, 0.25) is 0 Å². The summed E-state index contributed by atoms with van der Waals surface area (Å²) in [5.74, 6) is -0.675. The SMILES string of the molecule is CCc1ccccc1N(CC(=O)N/N=C\c1ccccc1[N+](=O)[O-])S(C)(=O)=O. The smallest absolute Gasteiger partial charge is 0.271 e. The van der Waals surface area contributed by atoms with Crippen molar-refractivity contribution in [1.82, 2.24) is 5.43 Å². The molecule has 148 valence electrons. The first-order valence-corrected chi connectivity index (χ1v) is 10.2. The van der Waals surface area contributed by atoms with E-state index in [1.165, 1.54) is 18.2 Å². The lowest BCUT2D eigenvalue weighted by molar-refractivity contribution is -0.385. The van der Waals surface area contributed by atoms with E-state index in [1.54, 1.807) is 30.3 Å². The van der Waals surface area contributed by atoms with Crippen molar-refractivity contribution in [3.05, 3.63) is 69.8 Å². The number of nitrogens with zero attached hydrogens (tertiary/aromatic N) is 3. The fraction of sp³-hybridized carbons (Fsp3) is 0.222. The highest BCUT2D eigenvalue weighted by Gasteiger charge is 2.22. The molecule has 10 heteroatoms. The Balaban J connectivity index is 2.16. The van der Waals surface area contributed by atoms with E-state index in [1.807, 2.05) is 6.92 Å². The molecule has 0 radical (unpaired) electrons. The van der Waals surface area contributed by atoms with Crippen LogP contribution in [-0.2, 0) is 21.2 Å². The number of para-hydroxylation sites is 2. The van der Waals surface area contributed by atoms with Gasteiger partial charge in [-0.05, 0) is 24.1 Å². The molecule has 0 unspecified atom stereocenters. The number of amides is 1. The van der Waals surface area contributed by atoms with Crippen LogP contribution in [0.1, 0.15) is 18.1 Å². The molecule has 0 aliphatic rings. The van der Waals surface area contributed by atoms with E-state index >= 15 is 0 Å². The van der Waals surface area contributed by atoms with Crippen LogP contribution >= 0.6 is 0 Å². The number of nitrogens with one attached hydrogen (secondary N) is 1. The first kappa shape index (κ1) is 21.0. The molecule has 0 heterocycles. The van der Waals surface area contributed by atoms with E-state index in [0.717, 1.165) is 22.3 Å². The molecule has 1 amide bonds. The van der Waals surface area contributed by atoms with Crippen molar-refractivity contribution in [2.75, 3.05) is 17.1 Å². The van der Waals surface area contributed by atoms with Gasteiger partial charge in [0.15, 0.2) is 0 Å². The Morgan fingerprint density at radius 1 is 1.21 bits per heavy atom. The number of carbonyl (C=O) groups is 1. The van der Waals surface area contributed by atoms with Crippen LogP contribution in [0.4, 0.5) is 11.4 Å². The molecule has 0 aromatic heterocycles. The summed E-state index contributed by atoms with van der Waals surface area (Å²) in [5, 5.41) is 14.7. The molecule has 1 N–H and O–H groups in total. The molecule has 28 heavy (non-hydrogen) atoms. The van der Waals surface area contributed by atoms with E-state index in [2.05, 4.69) is 10.5 Å². The standard InChI is InChI=1S/C18H20N4O5S/c1-3-14-8-4-6-10-16(14)21(28(2,26)27)13-18(23)20-19-12-15-9-5-7-11-17(15)22(24)25/h4-12H,3,13H2,1-2H3,(H,20,23)/b19-12-. The van der Waals surface area contributed by atoms with Gasteiger partial charge in [0.25, 0.3) is 11.6 Å². The fourth-order valence-electron chi connectivity index (χ4n) is 2.54. The lowest BCUT2D eigenvalue weighted by Gasteiger charge is -2.23. The van der Waals surface area contributed by atoms with Gasteiger partial charge in [0.05, 0.1) is 28.6 Å². The first-order chi connectivity index (χ1) is 13.2. The van der Waals surface area contributed by atoms with Crippen molar-refractivity contribution in [1.29, 1.82) is 0 Å². The van der Waals surface area contributed by atoms with Crippen molar-refractivity contribution in [3.63, 3.8) is 0 Å². The molecule has 0 saturated heterocycles. The minimum Gasteiger partial charge on any atom is -0.271 e. The number of sulfonamides is 1. The van der Waals surface area contributed by atoms with Crippen molar-refractivity contribution in [2.45, 2.75) is 13.3 Å². The number of hydrazone groups is 1. The van der Waals surface area contributed by atoms with Crippen LogP contribution in [0.5, 0.6) is 0 Å². The van der Waals surface area contributed by atoms with Gasteiger partial charge in [0.1, 0.15) is 6.54 Å².